The molecule has 24 heavy (non-hydrogen) atoms. The lowest BCUT2D eigenvalue weighted by atomic mass is 10.1. The zero-order valence-corrected chi connectivity index (χ0v) is 15.2. The number of thiazole rings is 1. The van der Waals surface area contributed by atoms with E-state index < -0.39 is 0 Å². The van der Waals surface area contributed by atoms with Gasteiger partial charge in [-0.2, -0.15) is 0 Å². The normalized spacial score (nSPS) is 10.8. The minimum Gasteiger partial charge on any atom is -0.492 e. The van der Waals surface area contributed by atoms with Gasteiger partial charge in [0.15, 0.2) is 5.13 Å². The third-order valence-corrected chi connectivity index (χ3v) is 5.13. The number of nitrogens with one attached hydrogen (secondary N) is 1. The molecule has 0 aliphatic heterocycles. The number of carbonyl (C=O) groups excluding carboxylic acids is 1. The second-order valence-electron chi connectivity index (χ2n) is 5.13. The minimum absolute atomic E-state index is 0.0658. The number of carbonyl (C=O) groups is 1. The Morgan fingerprint density at radius 2 is 2.04 bits per heavy atom. The van der Waals surface area contributed by atoms with Gasteiger partial charge in [0.25, 0.3) is 0 Å². The Labute approximate surface area is 149 Å². The quantitative estimate of drug-likeness (QED) is 0.654. The average Bonchev–Trinajstić information content (AvgIpc) is 2.99. The first-order valence-corrected chi connectivity index (χ1v) is 9.69. The molecule has 0 aliphatic rings. The monoisotopic (exact) mass is 358 g/mol. The van der Waals surface area contributed by atoms with Crippen molar-refractivity contribution >= 4 is 44.4 Å². The van der Waals surface area contributed by atoms with E-state index in [1.165, 1.54) is 16.2 Å². The molecule has 2 aromatic carbocycles. The molecule has 0 aliphatic carbocycles. The highest BCUT2D eigenvalue weighted by molar-refractivity contribution is 7.98. The fraction of sp³-hybridized carbons (Fsp3) is 0.222. The zero-order valence-electron chi connectivity index (χ0n) is 13.5. The molecule has 0 fully saturated rings. The number of aromatic nitrogens is 1. The van der Waals surface area contributed by atoms with E-state index in [0.717, 1.165) is 21.5 Å². The number of anilines is 1. The summed E-state index contributed by atoms with van der Waals surface area (Å²) in [5.41, 5.74) is 1.78. The molecule has 3 rings (SSSR count). The van der Waals surface area contributed by atoms with Gasteiger partial charge in [-0.05, 0) is 43.0 Å². The van der Waals surface area contributed by atoms with Crippen LogP contribution in [0.4, 0.5) is 5.13 Å². The topological polar surface area (TPSA) is 51.2 Å². The van der Waals surface area contributed by atoms with Crippen molar-refractivity contribution in [1.29, 1.82) is 0 Å². The van der Waals surface area contributed by atoms with E-state index >= 15 is 0 Å². The van der Waals surface area contributed by atoms with Crippen LogP contribution in [0.15, 0.2) is 47.4 Å². The van der Waals surface area contributed by atoms with Gasteiger partial charge < -0.3 is 10.1 Å². The summed E-state index contributed by atoms with van der Waals surface area (Å²) >= 11 is 3.14. The molecule has 0 bridgehead atoms. The number of fused-ring (bicyclic) bond motifs is 1. The van der Waals surface area contributed by atoms with Crippen LogP contribution >= 0.6 is 23.1 Å². The highest BCUT2D eigenvalue weighted by atomic mass is 32.2. The third kappa shape index (κ3) is 3.88. The molecular formula is C18H18N2O2S2. The van der Waals surface area contributed by atoms with Gasteiger partial charge in [-0.3, -0.25) is 4.79 Å². The number of hydrogen-bond donors (Lipinski definition) is 1. The minimum atomic E-state index is -0.0658. The van der Waals surface area contributed by atoms with Crippen molar-refractivity contribution in [3.8, 4) is 5.75 Å². The first-order valence-electron chi connectivity index (χ1n) is 7.64. The fourth-order valence-corrected chi connectivity index (χ4v) is 3.65. The lowest BCUT2D eigenvalue weighted by Gasteiger charge is -2.03. The molecule has 0 saturated heterocycles. The van der Waals surface area contributed by atoms with E-state index in [1.54, 1.807) is 11.8 Å². The summed E-state index contributed by atoms with van der Waals surface area (Å²) < 4.78 is 6.58. The standard InChI is InChI=1S/C18H18N2O2S2/c1-3-22-14-5-4-6-15-17(14)20-18(24-15)19-16(21)11-12-7-9-13(23-2)10-8-12/h4-10H,3,11H2,1-2H3,(H,19,20,21). The molecule has 4 nitrogen and oxygen atoms in total. The van der Waals surface area contributed by atoms with Crippen LogP contribution in [-0.4, -0.2) is 23.8 Å². The summed E-state index contributed by atoms with van der Waals surface area (Å²) in [6.07, 6.45) is 2.37. The highest BCUT2D eigenvalue weighted by Gasteiger charge is 2.11. The van der Waals surface area contributed by atoms with Gasteiger partial charge in [-0.25, -0.2) is 4.98 Å². The largest absolute Gasteiger partial charge is 0.492 e. The molecule has 0 radical (unpaired) electrons. The van der Waals surface area contributed by atoms with Crippen LogP contribution < -0.4 is 10.1 Å². The Morgan fingerprint density at radius 3 is 2.75 bits per heavy atom. The lowest BCUT2D eigenvalue weighted by Crippen LogP contribution is -2.14. The van der Waals surface area contributed by atoms with Gasteiger partial charge in [0.2, 0.25) is 5.91 Å². The van der Waals surface area contributed by atoms with E-state index in [1.807, 2.05) is 55.6 Å². The maximum atomic E-state index is 12.2. The van der Waals surface area contributed by atoms with Crippen molar-refractivity contribution in [2.75, 3.05) is 18.2 Å². The van der Waals surface area contributed by atoms with Crippen molar-refractivity contribution in [2.24, 2.45) is 0 Å². The summed E-state index contributed by atoms with van der Waals surface area (Å²) in [6.45, 7) is 2.53. The molecule has 0 spiro atoms. The van der Waals surface area contributed by atoms with Crippen molar-refractivity contribution in [3.63, 3.8) is 0 Å². The number of para-hydroxylation sites is 1. The van der Waals surface area contributed by atoms with Crippen molar-refractivity contribution in [1.82, 2.24) is 4.98 Å². The SMILES string of the molecule is CCOc1cccc2sc(NC(=O)Cc3ccc(SC)cc3)nc12. The van der Waals surface area contributed by atoms with Gasteiger partial charge in [-0.1, -0.05) is 29.5 Å². The first-order chi connectivity index (χ1) is 11.7. The van der Waals surface area contributed by atoms with E-state index in [9.17, 15) is 4.79 Å². The summed E-state index contributed by atoms with van der Waals surface area (Å²) in [7, 11) is 0. The van der Waals surface area contributed by atoms with E-state index in [4.69, 9.17) is 4.74 Å². The summed E-state index contributed by atoms with van der Waals surface area (Å²) in [6, 6.07) is 13.8. The molecule has 0 saturated carbocycles. The van der Waals surface area contributed by atoms with Crippen molar-refractivity contribution in [3.05, 3.63) is 48.0 Å². The Kier molecular flexibility index (Phi) is 5.37. The lowest BCUT2D eigenvalue weighted by molar-refractivity contribution is -0.115. The van der Waals surface area contributed by atoms with Crippen LogP contribution in [0.3, 0.4) is 0 Å². The third-order valence-electron chi connectivity index (χ3n) is 3.45. The van der Waals surface area contributed by atoms with Crippen molar-refractivity contribution in [2.45, 2.75) is 18.2 Å². The Bertz CT molecular complexity index is 844. The number of amides is 1. The molecule has 1 N–H and O–H groups in total. The molecular weight excluding hydrogens is 340 g/mol. The summed E-state index contributed by atoms with van der Waals surface area (Å²) in [5.74, 6) is 0.684. The van der Waals surface area contributed by atoms with E-state index in [0.29, 0.717) is 18.2 Å². The zero-order chi connectivity index (χ0) is 16.9. The Morgan fingerprint density at radius 1 is 1.25 bits per heavy atom. The first kappa shape index (κ1) is 16.8. The molecule has 0 unspecified atom stereocenters. The molecule has 1 heterocycles. The smallest absolute Gasteiger partial charge is 0.230 e. The fourth-order valence-electron chi connectivity index (χ4n) is 2.34. The van der Waals surface area contributed by atoms with Crippen LogP contribution in [0.25, 0.3) is 10.2 Å². The molecule has 3 aromatic rings. The number of hydrogen-bond acceptors (Lipinski definition) is 5. The van der Waals surface area contributed by atoms with Gasteiger partial charge in [0.1, 0.15) is 11.3 Å². The number of thioether (sulfide) groups is 1. The molecule has 0 atom stereocenters. The molecule has 124 valence electrons. The Hall–Kier alpha value is -2.05. The van der Waals surface area contributed by atoms with Crippen LogP contribution in [0.1, 0.15) is 12.5 Å². The van der Waals surface area contributed by atoms with Crippen molar-refractivity contribution < 1.29 is 9.53 Å². The van der Waals surface area contributed by atoms with Crippen LogP contribution in [0.2, 0.25) is 0 Å². The van der Waals surface area contributed by atoms with Gasteiger partial charge in [0.05, 0.1) is 17.7 Å². The molecule has 1 aromatic heterocycles. The number of nitrogens with zero attached hydrogens (tertiary/aromatic N) is 1. The maximum Gasteiger partial charge on any atom is 0.230 e. The van der Waals surface area contributed by atoms with Crippen LogP contribution in [-0.2, 0) is 11.2 Å². The summed E-state index contributed by atoms with van der Waals surface area (Å²) in [5, 5.41) is 3.49. The van der Waals surface area contributed by atoms with Crippen LogP contribution in [0.5, 0.6) is 5.75 Å². The van der Waals surface area contributed by atoms with E-state index in [2.05, 4.69) is 10.3 Å². The van der Waals surface area contributed by atoms with Crippen LogP contribution in [0, 0.1) is 0 Å². The van der Waals surface area contributed by atoms with E-state index in [-0.39, 0.29) is 5.91 Å². The number of ether oxygens (including phenoxy) is 1. The average molecular weight is 358 g/mol. The second kappa shape index (κ2) is 7.68. The highest BCUT2D eigenvalue weighted by Crippen LogP contribution is 2.32. The summed E-state index contributed by atoms with van der Waals surface area (Å²) in [4.78, 5) is 17.9. The number of benzene rings is 2. The molecule has 1 amide bonds. The predicted molar refractivity (Wildman–Crippen MR) is 101 cm³/mol. The number of rotatable bonds is 6. The van der Waals surface area contributed by atoms with Gasteiger partial charge >= 0.3 is 0 Å². The predicted octanol–water partition coefficient (Wildman–Crippen LogP) is 4.60. The van der Waals surface area contributed by atoms with Gasteiger partial charge in [0, 0.05) is 4.90 Å². The molecule has 6 heteroatoms. The maximum absolute atomic E-state index is 12.2. The Balaban J connectivity index is 1.71. The van der Waals surface area contributed by atoms with Gasteiger partial charge in [-0.15, -0.1) is 11.8 Å². The second-order valence-corrected chi connectivity index (χ2v) is 7.04.